The maximum absolute atomic E-state index is 12.9. The van der Waals surface area contributed by atoms with Crippen molar-refractivity contribution >= 4 is 23.5 Å². The van der Waals surface area contributed by atoms with Crippen LogP contribution in [0.4, 0.5) is 0 Å². The molecule has 0 aliphatic carbocycles. The number of unbranched alkanes of at least 4 members (excludes halogenated alkanes) is 1. The van der Waals surface area contributed by atoms with E-state index in [9.17, 15) is 9.59 Å². The molecule has 0 saturated carbocycles. The van der Waals surface area contributed by atoms with Crippen molar-refractivity contribution in [2.45, 2.75) is 65.8 Å². The number of aromatic amines is 2. The van der Waals surface area contributed by atoms with Crippen LogP contribution in [-0.4, -0.2) is 40.0 Å². The summed E-state index contributed by atoms with van der Waals surface area (Å²) in [7, 11) is 1.62. The second-order valence-corrected chi connectivity index (χ2v) is 9.42. The predicted octanol–water partition coefficient (Wildman–Crippen LogP) is 4.99. The third-order valence-corrected chi connectivity index (χ3v) is 5.46. The molecule has 7 nitrogen and oxygen atoms in total. The van der Waals surface area contributed by atoms with E-state index >= 15 is 0 Å². The predicted molar refractivity (Wildman–Crippen MR) is 131 cm³/mol. The van der Waals surface area contributed by atoms with Gasteiger partial charge in [0.2, 0.25) is 5.91 Å². The first-order valence-electron chi connectivity index (χ1n) is 11.3. The minimum absolute atomic E-state index is 0.0238. The lowest BCUT2D eigenvalue weighted by molar-refractivity contribution is -0.122. The first kappa shape index (κ1) is 24.3. The summed E-state index contributed by atoms with van der Waals surface area (Å²) in [6, 6.07) is 3.88. The Hall–Kier alpha value is -3.35. The number of aliphatic imine (C=N–C) groups is 1. The van der Waals surface area contributed by atoms with Gasteiger partial charge in [0.25, 0.3) is 0 Å². The number of allylic oxidation sites excluding steroid dienone is 1. The van der Waals surface area contributed by atoms with Gasteiger partial charge in [-0.1, -0.05) is 0 Å². The number of nitrogens with zero attached hydrogens (tertiary/aromatic N) is 1. The Labute approximate surface area is 195 Å². The van der Waals surface area contributed by atoms with Crippen LogP contribution in [0.5, 0.6) is 0 Å². The summed E-state index contributed by atoms with van der Waals surface area (Å²) >= 11 is 0. The maximum Gasteiger partial charge on any atom is 0.220 e. The van der Waals surface area contributed by atoms with Crippen LogP contribution in [0.25, 0.3) is 6.08 Å². The summed E-state index contributed by atoms with van der Waals surface area (Å²) in [5, 5.41) is 2.95. The number of rotatable bonds is 9. The Balaban J connectivity index is 1.68. The average molecular weight is 451 g/mol. The number of aryl methyl sites for hydroxylation is 1. The maximum atomic E-state index is 12.9. The minimum Gasteiger partial charge on any atom is -0.494 e. The van der Waals surface area contributed by atoms with Crippen LogP contribution in [0.3, 0.4) is 0 Å². The van der Waals surface area contributed by atoms with Crippen molar-refractivity contribution in [1.29, 1.82) is 0 Å². The van der Waals surface area contributed by atoms with Crippen LogP contribution in [0, 0.1) is 13.8 Å². The standard InChI is InChI=1S/C26H34N4O3/c1-16-19(14-21-23(33-6)15-20(29-21)18-10-9-13-27-18)28-17(2)25(16)22(31)11-7-8-12-24(32)30-26(3,4)5/h9-10,13-15,27-28H,7-8,11-12H2,1-6H3,(H,30,32)/b21-14-. The lowest BCUT2D eigenvalue weighted by Crippen LogP contribution is -2.40. The number of carbonyl (C=O) groups is 2. The number of methoxy groups -OCH3 is 1. The molecule has 0 saturated heterocycles. The van der Waals surface area contributed by atoms with Crippen LogP contribution in [0.1, 0.15) is 79.5 Å². The molecule has 2 aromatic rings. The van der Waals surface area contributed by atoms with Gasteiger partial charge in [-0.05, 0) is 71.2 Å². The summed E-state index contributed by atoms with van der Waals surface area (Å²) in [5.74, 6) is 0.787. The van der Waals surface area contributed by atoms with E-state index in [0.29, 0.717) is 37.1 Å². The molecule has 7 heteroatoms. The van der Waals surface area contributed by atoms with Gasteiger partial charge in [-0.2, -0.15) is 0 Å². The van der Waals surface area contributed by atoms with Crippen LogP contribution in [0.2, 0.25) is 0 Å². The van der Waals surface area contributed by atoms with Gasteiger partial charge in [-0.15, -0.1) is 0 Å². The smallest absolute Gasteiger partial charge is 0.220 e. The molecule has 0 bridgehead atoms. The van der Waals surface area contributed by atoms with Crippen molar-refractivity contribution < 1.29 is 14.3 Å². The molecule has 0 fully saturated rings. The zero-order valence-electron chi connectivity index (χ0n) is 20.4. The second kappa shape index (κ2) is 10.1. The fourth-order valence-corrected chi connectivity index (χ4v) is 3.96. The van der Waals surface area contributed by atoms with E-state index in [1.807, 2.05) is 65.1 Å². The van der Waals surface area contributed by atoms with Gasteiger partial charge in [-0.25, -0.2) is 4.99 Å². The highest BCUT2D eigenvalue weighted by Gasteiger charge is 2.21. The number of Topliss-reactive ketones (excluding diaryl/α,β-unsaturated/α-hetero) is 1. The number of hydrogen-bond donors (Lipinski definition) is 3. The largest absolute Gasteiger partial charge is 0.494 e. The van der Waals surface area contributed by atoms with E-state index in [4.69, 9.17) is 9.73 Å². The van der Waals surface area contributed by atoms with E-state index in [2.05, 4.69) is 15.3 Å². The first-order valence-corrected chi connectivity index (χ1v) is 11.3. The third-order valence-electron chi connectivity index (χ3n) is 5.46. The molecule has 176 valence electrons. The Morgan fingerprint density at radius 3 is 2.55 bits per heavy atom. The molecule has 3 rings (SSSR count). The number of ketones is 1. The summed E-state index contributed by atoms with van der Waals surface area (Å²) in [6.07, 6.45) is 7.87. The molecule has 0 spiro atoms. The quantitative estimate of drug-likeness (QED) is 0.371. The van der Waals surface area contributed by atoms with Gasteiger partial charge >= 0.3 is 0 Å². The lowest BCUT2D eigenvalue weighted by atomic mass is 10.0. The Morgan fingerprint density at radius 2 is 1.91 bits per heavy atom. The zero-order valence-corrected chi connectivity index (χ0v) is 20.4. The number of aromatic nitrogens is 2. The van der Waals surface area contributed by atoms with Crippen molar-refractivity contribution in [3.8, 4) is 0 Å². The highest BCUT2D eigenvalue weighted by Crippen LogP contribution is 2.28. The second-order valence-electron chi connectivity index (χ2n) is 9.42. The number of amides is 1. The van der Waals surface area contributed by atoms with Crippen molar-refractivity contribution in [2.75, 3.05) is 7.11 Å². The van der Waals surface area contributed by atoms with Gasteiger partial charge in [0.05, 0.1) is 18.5 Å². The van der Waals surface area contributed by atoms with Gasteiger partial charge in [0.1, 0.15) is 11.5 Å². The van der Waals surface area contributed by atoms with Crippen molar-refractivity contribution in [3.63, 3.8) is 0 Å². The summed E-state index contributed by atoms with van der Waals surface area (Å²) in [5.41, 5.74) is 5.48. The summed E-state index contributed by atoms with van der Waals surface area (Å²) < 4.78 is 5.51. The van der Waals surface area contributed by atoms with Gasteiger partial charge in [0.15, 0.2) is 5.78 Å². The van der Waals surface area contributed by atoms with E-state index in [1.54, 1.807) is 7.11 Å². The minimum atomic E-state index is -0.236. The molecule has 33 heavy (non-hydrogen) atoms. The molecule has 0 aromatic carbocycles. The lowest BCUT2D eigenvalue weighted by Gasteiger charge is -2.20. The normalized spacial score (nSPS) is 14.9. The number of nitrogens with one attached hydrogen (secondary N) is 3. The van der Waals surface area contributed by atoms with E-state index in [-0.39, 0.29) is 17.2 Å². The van der Waals surface area contributed by atoms with Crippen molar-refractivity contribution in [1.82, 2.24) is 15.3 Å². The molecule has 1 amide bonds. The topological polar surface area (TPSA) is 99.3 Å². The Morgan fingerprint density at radius 1 is 1.18 bits per heavy atom. The molecule has 3 heterocycles. The van der Waals surface area contributed by atoms with Crippen LogP contribution >= 0.6 is 0 Å². The monoisotopic (exact) mass is 450 g/mol. The SMILES string of the molecule is COC1=CC(c2ccc[nH]2)=N/C1=C\c1[nH]c(C)c(C(=O)CCCCC(=O)NC(C)(C)C)c1C. The van der Waals surface area contributed by atoms with Crippen molar-refractivity contribution in [3.05, 3.63) is 64.1 Å². The van der Waals surface area contributed by atoms with Crippen molar-refractivity contribution in [2.24, 2.45) is 4.99 Å². The third kappa shape index (κ3) is 6.12. The molecule has 2 aromatic heterocycles. The van der Waals surface area contributed by atoms with Gasteiger partial charge in [0, 0.05) is 47.6 Å². The number of hydrogen-bond acceptors (Lipinski definition) is 4. The first-order chi connectivity index (χ1) is 15.6. The average Bonchev–Trinajstić information content (AvgIpc) is 3.44. The molecule has 0 atom stereocenters. The Kier molecular flexibility index (Phi) is 7.41. The van der Waals surface area contributed by atoms with Gasteiger partial charge in [-0.3, -0.25) is 9.59 Å². The molecule has 1 aliphatic heterocycles. The molecular formula is C26H34N4O3. The molecular weight excluding hydrogens is 416 g/mol. The van der Waals surface area contributed by atoms with Gasteiger partial charge < -0.3 is 20.0 Å². The summed E-state index contributed by atoms with van der Waals surface area (Å²) in [6.45, 7) is 9.74. The summed E-state index contributed by atoms with van der Waals surface area (Å²) in [4.78, 5) is 36.1. The molecule has 3 N–H and O–H groups in total. The highest BCUT2D eigenvalue weighted by atomic mass is 16.5. The highest BCUT2D eigenvalue weighted by molar-refractivity contribution is 6.11. The van der Waals surface area contributed by atoms with Crippen LogP contribution in [0.15, 0.2) is 40.9 Å². The van der Waals surface area contributed by atoms with Crippen LogP contribution < -0.4 is 5.32 Å². The number of H-pyrrole nitrogens is 2. The molecule has 0 unspecified atom stereocenters. The van der Waals surface area contributed by atoms with E-state index in [1.165, 1.54) is 0 Å². The molecule has 1 aliphatic rings. The number of carbonyl (C=O) groups excluding carboxylic acids is 2. The fraction of sp³-hybridized carbons (Fsp3) is 0.423. The van der Waals surface area contributed by atoms with E-state index in [0.717, 1.165) is 33.9 Å². The van der Waals surface area contributed by atoms with E-state index < -0.39 is 0 Å². The Bertz CT molecular complexity index is 1110. The molecule has 0 radical (unpaired) electrons. The fourth-order valence-electron chi connectivity index (χ4n) is 3.96. The number of ether oxygens (including phenoxy) is 1. The zero-order chi connectivity index (χ0) is 24.2. The van der Waals surface area contributed by atoms with Crippen LogP contribution in [-0.2, 0) is 9.53 Å².